The summed E-state index contributed by atoms with van der Waals surface area (Å²) in [5.41, 5.74) is 1.98. The van der Waals surface area contributed by atoms with E-state index in [-0.39, 0.29) is 6.17 Å². The summed E-state index contributed by atoms with van der Waals surface area (Å²) in [6, 6.07) is 7.69. The molecule has 0 radical (unpaired) electrons. The highest BCUT2D eigenvalue weighted by atomic mass is 16.6. The number of ether oxygens (including phenoxy) is 1. The summed E-state index contributed by atoms with van der Waals surface area (Å²) < 4.78 is 4.98. The lowest BCUT2D eigenvalue weighted by Gasteiger charge is -2.18. The van der Waals surface area contributed by atoms with E-state index in [2.05, 4.69) is 10.3 Å². The Labute approximate surface area is 88.0 Å². The topological polar surface area (TPSA) is 50.7 Å². The molecule has 1 N–H and O–H groups in total. The third-order valence-corrected chi connectivity index (χ3v) is 2.13. The molecule has 78 valence electrons. The summed E-state index contributed by atoms with van der Waals surface area (Å²) in [6.45, 7) is 3.80. The Balaban J connectivity index is 2.30. The number of benzene rings is 1. The van der Waals surface area contributed by atoms with Crippen LogP contribution in [0.5, 0.6) is 0 Å². The van der Waals surface area contributed by atoms with Crippen LogP contribution in [0.1, 0.15) is 18.1 Å². The van der Waals surface area contributed by atoms with Crippen molar-refractivity contribution in [1.82, 2.24) is 5.32 Å². The first kappa shape index (κ1) is 9.71. The van der Waals surface area contributed by atoms with Gasteiger partial charge in [-0.25, -0.2) is 9.79 Å². The molecule has 2 rings (SSSR count). The van der Waals surface area contributed by atoms with Crippen molar-refractivity contribution in [1.29, 1.82) is 0 Å². The van der Waals surface area contributed by atoms with Crippen molar-refractivity contribution >= 4 is 12.0 Å². The molecule has 4 nitrogen and oxygen atoms in total. The van der Waals surface area contributed by atoms with Gasteiger partial charge in [-0.1, -0.05) is 17.7 Å². The lowest BCUT2D eigenvalue weighted by atomic mass is 10.1. The van der Waals surface area contributed by atoms with E-state index >= 15 is 0 Å². The Morgan fingerprint density at radius 1 is 1.33 bits per heavy atom. The van der Waals surface area contributed by atoms with Crippen LogP contribution in [-0.4, -0.2) is 18.2 Å². The molecule has 0 aromatic heterocycles. The van der Waals surface area contributed by atoms with Crippen LogP contribution in [0.4, 0.5) is 4.79 Å². The van der Waals surface area contributed by atoms with Crippen molar-refractivity contribution in [2.24, 2.45) is 4.99 Å². The summed E-state index contributed by atoms with van der Waals surface area (Å²) in [7, 11) is 0. The molecule has 0 aliphatic carbocycles. The van der Waals surface area contributed by atoms with E-state index < -0.39 is 6.09 Å². The summed E-state index contributed by atoms with van der Waals surface area (Å²) in [5.74, 6) is 0.381. The zero-order chi connectivity index (χ0) is 10.8. The molecule has 0 saturated carbocycles. The van der Waals surface area contributed by atoms with Gasteiger partial charge in [0.25, 0.3) is 0 Å². The molecule has 4 heteroatoms. The van der Waals surface area contributed by atoms with Crippen molar-refractivity contribution in [3.8, 4) is 0 Å². The minimum atomic E-state index is -0.451. The molecule has 1 aliphatic rings. The van der Waals surface area contributed by atoms with Gasteiger partial charge in [0, 0.05) is 5.56 Å². The molecular weight excluding hydrogens is 192 g/mol. The number of carbonyl (C=O) groups excluding carboxylic acids is 1. The van der Waals surface area contributed by atoms with Crippen molar-refractivity contribution in [2.45, 2.75) is 20.0 Å². The standard InChI is InChI=1S/C11H12N2O2/c1-7-3-5-9(6-4-7)10-12-8(2)13-11(14)15-10/h3-6,8H,1-2H3,(H,13,14). The van der Waals surface area contributed by atoms with Crippen molar-refractivity contribution in [2.75, 3.05) is 0 Å². The van der Waals surface area contributed by atoms with Crippen LogP contribution in [0.25, 0.3) is 0 Å². The number of cyclic esters (lactones) is 1. The molecule has 0 spiro atoms. The second-order valence-electron chi connectivity index (χ2n) is 3.51. The number of hydrogen-bond donors (Lipinski definition) is 1. The van der Waals surface area contributed by atoms with E-state index in [4.69, 9.17) is 4.74 Å². The minimum Gasteiger partial charge on any atom is -0.391 e. The Morgan fingerprint density at radius 2 is 2.00 bits per heavy atom. The third kappa shape index (κ3) is 2.15. The largest absolute Gasteiger partial charge is 0.415 e. The molecule has 1 aromatic carbocycles. The van der Waals surface area contributed by atoms with Gasteiger partial charge >= 0.3 is 6.09 Å². The second-order valence-corrected chi connectivity index (χ2v) is 3.51. The maximum Gasteiger partial charge on any atom is 0.415 e. The maximum absolute atomic E-state index is 11.1. The van der Waals surface area contributed by atoms with Gasteiger partial charge in [0.05, 0.1) is 0 Å². The van der Waals surface area contributed by atoms with E-state index in [0.717, 1.165) is 11.1 Å². The minimum absolute atomic E-state index is 0.234. The number of alkyl carbamates (subject to hydrolysis) is 1. The molecule has 0 bridgehead atoms. The SMILES string of the molecule is Cc1ccc(C2=NC(C)NC(=O)O2)cc1. The fourth-order valence-electron chi connectivity index (χ4n) is 1.35. The van der Waals surface area contributed by atoms with E-state index in [1.165, 1.54) is 0 Å². The Kier molecular flexibility index (Phi) is 2.41. The first-order chi connectivity index (χ1) is 7.15. The molecule has 15 heavy (non-hydrogen) atoms. The van der Waals surface area contributed by atoms with Crippen LogP contribution in [0, 0.1) is 6.92 Å². The quantitative estimate of drug-likeness (QED) is 0.758. The average molecular weight is 204 g/mol. The molecule has 1 atom stereocenters. The molecule has 0 saturated heterocycles. The lowest BCUT2D eigenvalue weighted by Crippen LogP contribution is -2.39. The number of nitrogens with one attached hydrogen (secondary N) is 1. The molecular formula is C11H12N2O2. The van der Waals surface area contributed by atoms with Crippen LogP contribution in [0.15, 0.2) is 29.3 Å². The average Bonchev–Trinajstić information content (AvgIpc) is 2.17. The zero-order valence-corrected chi connectivity index (χ0v) is 8.65. The zero-order valence-electron chi connectivity index (χ0n) is 8.65. The summed E-state index contributed by atoms with van der Waals surface area (Å²) in [4.78, 5) is 15.3. The number of aliphatic imine (C=N–C) groups is 1. The van der Waals surface area contributed by atoms with Crippen LogP contribution in [0.2, 0.25) is 0 Å². The predicted molar refractivity (Wildman–Crippen MR) is 56.8 cm³/mol. The van der Waals surface area contributed by atoms with Crippen LogP contribution >= 0.6 is 0 Å². The highest BCUT2D eigenvalue weighted by Gasteiger charge is 2.19. The van der Waals surface area contributed by atoms with Gasteiger partial charge in [0.1, 0.15) is 6.17 Å². The van der Waals surface area contributed by atoms with Gasteiger partial charge in [-0.05, 0) is 26.0 Å². The fourth-order valence-corrected chi connectivity index (χ4v) is 1.35. The van der Waals surface area contributed by atoms with Gasteiger partial charge in [0.15, 0.2) is 0 Å². The summed E-state index contributed by atoms with van der Waals surface area (Å²) in [6.07, 6.45) is -0.685. The van der Waals surface area contributed by atoms with E-state index in [9.17, 15) is 4.79 Å². The van der Waals surface area contributed by atoms with Gasteiger partial charge in [0.2, 0.25) is 5.90 Å². The Morgan fingerprint density at radius 3 is 2.60 bits per heavy atom. The molecule has 1 heterocycles. The van der Waals surface area contributed by atoms with E-state index in [1.54, 1.807) is 6.92 Å². The smallest absolute Gasteiger partial charge is 0.391 e. The Hall–Kier alpha value is -1.84. The fraction of sp³-hybridized carbons (Fsp3) is 0.273. The van der Waals surface area contributed by atoms with Gasteiger partial charge in [-0.3, -0.25) is 5.32 Å². The monoisotopic (exact) mass is 204 g/mol. The van der Waals surface area contributed by atoms with Crippen LogP contribution in [0.3, 0.4) is 0 Å². The highest BCUT2D eigenvalue weighted by Crippen LogP contribution is 2.09. The van der Waals surface area contributed by atoms with Crippen molar-refractivity contribution in [3.05, 3.63) is 35.4 Å². The van der Waals surface area contributed by atoms with Gasteiger partial charge in [-0.2, -0.15) is 0 Å². The number of amides is 1. The lowest BCUT2D eigenvalue weighted by molar-refractivity contribution is 0.188. The highest BCUT2D eigenvalue weighted by molar-refractivity contribution is 6.01. The molecule has 1 amide bonds. The molecule has 1 aliphatic heterocycles. The number of aryl methyl sites for hydroxylation is 1. The maximum atomic E-state index is 11.1. The molecule has 0 fully saturated rings. The predicted octanol–water partition coefficient (Wildman–Crippen LogP) is 1.83. The normalized spacial score (nSPS) is 20.3. The van der Waals surface area contributed by atoms with Crippen LogP contribution < -0.4 is 5.32 Å². The molecule has 1 unspecified atom stereocenters. The van der Waals surface area contributed by atoms with E-state index in [1.807, 2.05) is 31.2 Å². The van der Waals surface area contributed by atoms with E-state index in [0.29, 0.717) is 5.90 Å². The summed E-state index contributed by atoms with van der Waals surface area (Å²) in [5, 5.41) is 2.54. The number of hydrogen-bond acceptors (Lipinski definition) is 3. The van der Waals surface area contributed by atoms with Crippen molar-refractivity contribution in [3.63, 3.8) is 0 Å². The third-order valence-electron chi connectivity index (χ3n) is 2.13. The van der Waals surface area contributed by atoms with Crippen molar-refractivity contribution < 1.29 is 9.53 Å². The second kappa shape index (κ2) is 3.73. The first-order valence-electron chi connectivity index (χ1n) is 4.78. The first-order valence-corrected chi connectivity index (χ1v) is 4.78. The molecule has 1 aromatic rings. The Bertz CT molecular complexity index is 409. The number of rotatable bonds is 1. The van der Waals surface area contributed by atoms with Gasteiger partial charge in [-0.15, -0.1) is 0 Å². The van der Waals surface area contributed by atoms with Gasteiger partial charge < -0.3 is 4.74 Å². The van der Waals surface area contributed by atoms with Crippen LogP contribution in [-0.2, 0) is 4.74 Å². The number of carbonyl (C=O) groups is 1. The summed E-state index contributed by atoms with van der Waals surface area (Å²) >= 11 is 0. The number of nitrogens with zero attached hydrogens (tertiary/aromatic N) is 1.